The number of imidazole rings is 1. The Hall–Kier alpha value is -3.37. The molecule has 0 saturated heterocycles. The zero-order valence-electron chi connectivity index (χ0n) is 15.3. The van der Waals surface area contributed by atoms with Crippen molar-refractivity contribution in [1.29, 1.82) is 5.26 Å². The van der Waals surface area contributed by atoms with E-state index in [2.05, 4.69) is 26.0 Å². The molecule has 0 amide bonds. The molecule has 4 rings (SSSR count). The molecule has 2 heterocycles. The Morgan fingerprint density at radius 3 is 2.54 bits per heavy atom. The number of rotatable bonds is 4. The number of aliphatic hydroxyl groups is 1. The number of aliphatic hydroxyl groups excluding tert-OH is 1. The van der Waals surface area contributed by atoms with Crippen LogP contribution in [0.4, 0.5) is 0 Å². The third kappa shape index (κ3) is 3.30. The standard InChI is InChI=1S/C21H17N5OS/c1-12(28-21-14-7-3-4-8-16(14)23-13(2)24-21)19(27)15(11-22)20-25-17-9-5-6-10-18(17)26-20/h3-10,12,27H,1-2H3,(H,25,26)/b19-15-/t12-/m0/s1. The number of fused-ring (bicyclic) bond motifs is 2. The maximum Gasteiger partial charge on any atom is 0.152 e. The number of aromatic nitrogens is 4. The molecule has 0 saturated carbocycles. The van der Waals surface area contributed by atoms with Gasteiger partial charge < -0.3 is 10.1 Å². The first-order valence-electron chi connectivity index (χ1n) is 8.75. The molecule has 0 unspecified atom stereocenters. The number of nitrogens with zero attached hydrogens (tertiary/aromatic N) is 4. The highest BCUT2D eigenvalue weighted by atomic mass is 32.2. The lowest BCUT2D eigenvalue weighted by molar-refractivity contribution is 0.402. The van der Waals surface area contributed by atoms with Crippen LogP contribution >= 0.6 is 11.8 Å². The van der Waals surface area contributed by atoms with Crippen molar-refractivity contribution in [3.8, 4) is 6.07 Å². The van der Waals surface area contributed by atoms with Crippen LogP contribution in [0.5, 0.6) is 0 Å². The Morgan fingerprint density at radius 2 is 1.79 bits per heavy atom. The van der Waals surface area contributed by atoms with Gasteiger partial charge in [0.05, 0.1) is 21.8 Å². The SMILES string of the molecule is Cc1nc(S[C@@H](C)/C(O)=C(\C#N)c2nc3ccccc3[nH]2)c2ccccc2n1. The predicted molar refractivity (Wildman–Crippen MR) is 111 cm³/mol. The number of thioether (sulfide) groups is 1. The van der Waals surface area contributed by atoms with Gasteiger partial charge >= 0.3 is 0 Å². The summed E-state index contributed by atoms with van der Waals surface area (Å²) in [7, 11) is 0. The minimum Gasteiger partial charge on any atom is -0.510 e. The summed E-state index contributed by atoms with van der Waals surface area (Å²) < 4.78 is 0. The quantitative estimate of drug-likeness (QED) is 0.226. The Labute approximate surface area is 166 Å². The van der Waals surface area contributed by atoms with E-state index in [0.29, 0.717) is 11.6 Å². The topological polar surface area (TPSA) is 98.5 Å². The highest BCUT2D eigenvalue weighted by Crippen LogP contribution is 2.33. The van der Waals surface area contributed by atoms with E-state index in [-0.39, 0.29) is 16.6 Å². The van der Waals surface area contributed by atoms with Gasteiger partial charge in [-0.2, -0.15) is 5.26 Å². The average molecular weight is 387 g/mol. The molecule has 28 heavy (non-hydrogen) atoms. The molecule has 0 aliphatic heterocycles. The lowest BCUT2D eigenvalue weighted by Gasteiger charge is -2.13. The summed E-state index contributed by atoms with van der Waals surface area (Å²) in [4.78, 5) is 16.5. The van der Waals surface area contributed by atoms with Gasteiger partial charge in [-0.05, 0) is 32.0 Å². The molecule has 7 heteroatoms. The maximum absolute atomic E-state index is 10.8. The number of H-pyrrole nitrogens is 1. The number of nitrogens with one attached hydrogen (secondary N) is 1. The zero-order chi connectivity index (χ0) is 19.7. The van der Waals surface area contributed by atoms with Gasteiger partial charge in [0.1, 0.15) is 28.3 Å². The van der Waals surface area contributed by atoms with Crippen LogP contribution in [0.3, 0.4) is 0 Å². The molecule has 2 aromatic heterocycles. The van der Waals surface area contributed by atoms with Crippen molar-refractivity contribution >= 4 is 39.3 Å². The molecule has 4 aromatic rings. The van der Waals surface area contributed by atoms with Gasteiger partial charge in [0.15, 0.2) is 5.82 Å². The van der Waals surface area contributed by atoms with E-state index < -0.39 is 0 Å². The fraction of sp³-hybridized carbons (Fsp3) is 0.143. The number of aromatic amines is 1. The molecule has 1 atom stereocenters. The molecule has 0 aliphatic carbocycles. The number of hydrogen-bond acceptors (Lipinski definition) is 6. The molecule has 0 bridgehead atoms. The first kappa shape index (κ1) is 18.0. The summed E-state index contributed by atoms with van der Waals surface area (Å²) in [6.45, 7) is 3.68. The van der Waals surface area contributed by atoms with Crippen molar-refractivity contribution in [2.75, 3.05) is 0 Å². The number of hydrogen-bond donors (Lipinski definition) is 2. The third-order valence-corrected chi connectivity index (χ3v) is 5.46. The monoisotopic (exact) mass is 387 g/mol. The van der Waals surface area contributed by atoms with E-state index in [1.807, 2.05) is 62.4 Å². The Bertz CT molecular complexity index is 1220. The largest absolute Gasteiger partial charge is 0.510 e. The number of allylic oxidation sites excluding steroid dienone is 1. The van der Waals surface area contributed by atoms with Crippen molar-refractivity contribution in [2.24, 2.45) is 0 Å². The molecule has 2 N–H and O–H groups in total. The lowest BCUT2D eigenvalue weighted by Crippen LogP contribution is -2.06. The zero-order valence-corrected chi connectivity index (χ0v) is 16.2. The smallest absolute Gasteiger partial charge is 0.152 e. The highest BCUT2D eigenvalue weighted by molar-refractivity contribution is 8.00. The van der Waals surface area contributed by atoms with Crippen LogP contribution in [-0.4, -0.2) is 30.3 Å². The summed E-state index contributed by atoms with van der Waals surface area (Å²) in [5, 5.41) is 21.7. The second-order valence-corrected chi connectivity index (χ2v) is 7.66. The first-order valence-corrected chi connectivity index (χ1v) is 9.63. The van der Waals surface area contributed by atoms with E-state index in [9.17, 15) is 10.4 Å². The van der Waals surface area contributed by atoms with E-state index in [1.54, 1.807) is 0 Å². The van der Waals surface area contributed by atoms with E-state index in [4.69, 9.17) is 0 Å². The Balaban J connectivity index is 1.72. The van der Waals surface area contributed by atoms with Gasteiger partial charge in [-0.15, -0.1) is 0 Å². The van der Waals surface area contributed by atoms with Crippen LogP contribution < -0.4 is 0 Å². The second-order valence-electron chi connectivity index (χ2n) is 6.33. The summed E-state index contributed by atoms with van der Waals surface area (Å²) in [6, 6.07) is 17.3. The predicted octanol–water partition coefficient (Wildman–Crippen LogP) is 4.79. The fourth-order valence-corrected chi connectivity index (χ4v) is 4.03. The molecular formula is C21H17N5OS. The highest BCUT2D eigenvalue weighted by Gasteiger charge is 2.20. The van der Waals surface area contributed by atoms with E-state index >= 15 is 0 Å². The Kier molecular flexibility index (Phi) is 4.72. The van der Waals surface area contributed by atoms with Crippen molar-refractivity contribution in [3.05, 3.63) is 65.9 Å². The first-order chi connectivity index (χ1) is 13.6. The number of aryl methyl sites for hydroxylation is 1. The van der Waals surface area contributed by atoms with Gasteiger partial charge in [0.2, 0.25) is 0 Å². The van der Waals surface area contributed by atoms with Gasteiger partial charge in [0.25, 0.3) is 0 Å². The van der Waals surface area contributed by atoms with Crippen LogP contribution in [-0.2, 0) is 0 Å². The summed E-state index contributed by atoms with van der Waals surface area (Å²) in [5.74, 6) is 0.985. The van der Waals surface area contributed by atoms with Crippen LogP contribution in [0, 0.1) is 18.3 Å². The van der Waals surface area contributed by atoms with Gasteiger partial charge in [-0.3, -0.25) is 0 Å². The fourth-order valence-electron chi connectivity index (χ4n) is 2.98. The molecule has 0 spiro atoms. The molecular weight excluding hydrogens is 370 g/mol. The Morgan fingerprint density at radius 1 is 1.07 bits per heavy atom. The second kappa shape index (κ2) is 7.33. The molecule has 6 nitrogen and oxygen atoms in total. The molecule has 2 aromatic carbocycles. The summed E-state index contributed by atoms with van der Waals surface area (Å²) >= 11 is 1.39. The lowest BCUT2D eigenvalue weighted by atomic mass is 10.2. The van der Waals surface area contributed by atoms with Crippen molar-refractivity contribution in [1.82, 2.24) is 19.9 Å². The van der Waals surface area contributed by atoms with Crippen LogP contribution in [0.15, 0.2) is 59.3 Å². The third-order valence-electron chi connectivity index (χ3n) is 4.35. The van der Waals surface area contributed by atoms with Crippen LogP contribution in [0.2, 0.25) is 0 Å². The number of benzene rings is 2. The van der Waals surface area contributed by atoms with E-state index in [1.165, 1.54) is 11.8 Å². The minimum absolute atomic E-state index is 0.0353. The van der Waals surface area contributed by atoms with Crippen molar-refractivity contribution in [3.63, 3.8) is 0 Å². The van der Waals surface area contributed by atoms with Crippen molar-refractivity contribution in [2.45, 2.75) is 24.1 Å². The maximum atomic E-state index is 10.8. The normalized spacial score (nSPS) is 13.3. The number of nitriles is 1. The van der Waals surface area contributed by atoms with E-state index in [0.717, 1.165) is 27.0 Å². The average Bonchev–Trinajstić information content (AvgIpc) is 3.12. The van der Waals surface area contributed by atoms with Crippen molar-refractivity contribution < 1.29 is 5.11 Å². The molecule has 0 fully saturated rings. The minimum atomic E-state index is -0.388. The molecule has 138 valence electrons. The molecule has 0 aliphatic rings. The van der Waals surface area contributed by atoms with Crippen LogP contribution in [0.25, 0.3) is 27.5 Å². The van der Waals surface area contributed by atoms with Gasteiger partial charge in [-0.25, -0.2) is 15.0 Å². The summed E-state index contributed by atoms with van der Waals surface area (Å²) in [5.41, 5.74) is 2.55. The van der Waals surface area contributed by atoms with Gasteiger partial charge in [0, 0.05) is 5.39 Å². The van der Waals surface area contributed by atoms with Crippen LogP contribution in [0.1, 0.15) is 18.6 Å². The summed E-state index contributed by atoms with van der Waals surface area (Å²) in [6.07, 6.45) is 0. The molecule has 0 radical (unpaired) electrons. The van der Waals surface area contributed by atoms with Gasteiger partial charge in [-0.1, -0.05) is 42.1 Å². The number of para-hydroxylation sites is 3.